The van der Waals surface area contributed by atoms with E-state index >= 15 is 0 Å². The molecule has 2 aromatic rings. The number of pyridine rings is 1. The van der Waals surface area contributed by atoms with E-state index in [0.717, 1.165) is 44.1 Å². The van der Waals surface area contributed by atoms with Crippen molar-refractivity contribution in [2.75, 3.05) is 38.2 Å². The van der Waals surface area contributed by atoms with Crippen molar-refractivity contribution in [2.24, 2.45) is 5.73 Å². The Bertz CT molecular complexity index is 698. The molecule has 6 heteroatoms. The second kappa shape index (κ2) is 8.78. The van der Waals surface area contributed by atoms with Gasteiger partial charge in [-0.05, 0) is 23.6 Å². The number of rotatable bonds is 6. The molecule has 3 rings (SSSR count). The van der Waals surface area contributed by atoms with Crippen LogP contribution in [0, 0.1) is 0 Å². The van der Waals surface area contributed by atoms with E-state index in [1.165, 1.54) is 12.7 Å². The molecule has 1 saturated heterocycles. The van der Waals surface area contributed by atoms with Gasteiger partial charge in [-0.15, -0.1) is 0 Å². The highest BCUT2D eigenvalue weighted by atomic mass is 16.5. The Hall–Kier alpha value is -2.44. The first-order valence-corrected chi connectivity index (χ1v) is 8.95. The zero-order chi connectivity index (χ0) is 18.4. The lowest BCUT2D eigenvalue weighted by molar-refractivity contribution is -0.142. The zero-order valence-electron chi connectivity index (χ0n) is 15.2. The molecule has 2 N–H and O–H groups in total. The Balaban J connectivity index is 1.50. The maximum atomic E-state index is 11.4. The predicted molar refractivity (Wildman–Crippen MR) is 102 cm³/mol. The molecule has 1 aliphatic rings. The molecule has 138 valence electrons. The minimum absolute atomic E-state index is 0.399. The van der Waals surface area contributed by atoms with Crippen molar-refractivity contribution < 1.29 is 9.53 Å². The van der Waals surface area contributed by atoms with Crippen molar-refractivity contribution >= 4 is 11.8 Å². The molecular formula is C20H26N4O2. The molecule has 1 fully saturated rings. The van der Waals surface area contributed by atoms with Gasteiger partial charge >= 0.3 is 5.97 Å². The van der Waals surface area contributed by atoms with Crippen LogP contribution in [0.2, 0.25) is 0 Å². The number of carbonyl (C=O) groups is 1. The fraction of sp³-hybridized carbons (Fsp3) is 0.400. The third-order valence-corrected chi connectivity index (χ3v) is 4.71. The van der Waals surface area contributed by atoms with E-state index in [4.69, 9.17) is 5.73 Å². The van der Waals surface area contributed by atoms with Crippen molar-refractivity contribution in [3.63, 3.8) is 0 Å². The number of carbonyl (C=O) groups excluding carboxylic acids is 1. The number of hydrogen-bond acceptors (Lipinski definition) is 6. The Labute approximate surface area is 154 Å². The van der Waals surface area contributed by atoms with Crippen LogP contribution in [0.3, 0.4) is 0 Å². The number of anilines is 1. The number of aromatic nitrogens is 1. The molecule has 0 amide bonds. The van der Waals surface area contributed by atoms with E-state index in [9.17, 15) is 4.79 Å². The third-order valence-electron chi connectivity index (χ3n) is 4.71. The molecule has 1 aromatic heterocycles. The van der Waals surface area contributed by atoms with Crippen LogP contribution >= 0.6 is 0 Å². The summed E-state index contributed by atoms with van der Waals surface area (Å²) in [6.07, 6.45) is 2.24. The van der Waals surface area contributed by atoms with E-state index in [-0.39, 0.29) is 0 Å². The first kappa shape index (κ1) is 18.4. The molecule has 2 heterocycles. The quantitative estimate of drug-likeness (QED) is 0.792. The van der Waals surface area contributed by atoms with E-state index < -0.39 is 12.0 Å². The van der Waals surface area contributed by atoms with Crippen molar-refractivity contribution in [3.8, 4) is 0 Å². The average molecular weight is 354 g/mol. The van der Waals surface area contributed by atoms with Gasteiger partial charge in [0.15, 0.2) is 0 Å². The van der Waals surface area contributed by atoms with Gasteiger partial charge in [-0.2, -0.15) is 0 Å². The van der Waals surface area contributed by atoms with Crippen LogP contribution in [0.1, 0.15) is 11.1 Å². The molecule has 1 aliphatic heterocycles. The van der Waals surface area contributed by atoms with Crippen LogP contribution < -0.4 is 10.6 Å². The highest BCUT2D eigenvalue weighted by Gasteiger charge is 2.19. The van der Waals surface area contributed by atoms with Crippen molar-refractivity contribution in [1.82, 2.24) is 9.88 Å². The maximum absolute atomic E-state index is 11.4. The second-order valence-electron chi connectivity index (χ2n) is 6.61. The molecular weight excluding hydrogens is 328 g/mol. The molecule has 0 radical (unpaired) electrons. The summed E-state index contributed by atoms with van der Waals surface area (Å²) in [6.45, 7) is 4.95. The third kappa shape index (κ3) is 4.80. The molecule has 1 atom stereocenters. The van der Waals surface area contributed by atoms with Crippen LogP contribution in [0.5, 0.6) is 0 Å². The second-order valence-corrected chi connectivity index (χ2v) is 6.61. The minimum Gasteiger partial charge on any atom is -0.468 e. The largest absolute Gasteiger partial charge is 0.468 e. The summed E-state index contributed by atoms with van der Waals surface area (Å²) in [6, 6.07) is 13.9. The molecule has 0 saturated carbocycles. The average Bonchev–Trinajstić information content (AvgIpc) is 2.69. The number of esters is 1. The number of benzene rings is 1. The van der Waals surface area contributed by atoms with E-state index in [1.54, 1.807) is 6.20 Å². The lowest BCUT2D eigenvalue weighted by Crippen LogP contribution is -2.46. The van der Waals surface area contributed by atoms with Crippen LogP contribution in [0.4, 0.5) is 5.82 Å². The van der Waals surface area contributed by atoms with Gasteiger partial charge in [0.2, 0.25) is 0 Å². The molecule has 0 bridgehead atoms. The van der Waals surface area contributed by atoms with E-state index in [0.29, 0.717) is 6.42 Å². The van der Waals surface area contributed by atoms with Gasteiger partial charge in [-0.25, -0.2) is 4.98 Å². The molecule has 26 heavy (non-hydrogen) atoms. The van der Waals surface area contributed by atoms with Gasteiger partial charge in [-0.3, -0.25) is 9.69 Å². The lowest BCUT2D eigenvalue weighted by Gasteiger charge is -2.35. The normalized spacial score (nSPS) is 16.3. The van der Waals surface area contributed by atoms with Gasteiger partial charge < -0.3 is 15.4 Å². The number of nitrogens with two attached hydrogens (primary N) is 1. The summed E-state index contributed by atoms with van der Waals surface area (Å²) in [7, 11) is 1.35. The van der Waals surface area contributed by atoms with Gasteiger partial charge in [0.1, 0.15) is 11.9 Å². The minimum atomic E-state index is -0.644. The topological polar surface area (TPSA) is 71.7 Å². The molecule has 0 aliphatic carbocycles. The summed E-state index contributed by atoms with van der Waals surface area (Å²) < 4.78 is 4.66. The zero-order valence-corrected chi connectivity index (χ0v) is 15.2. The van der Waals surface area contributed by atoms with Gasteiger partial charge in [0.05, 0.1) is 7.11 Å². The summed E-state index contributed by atoms with van der Waals surface area (Å²) in [5.41, 5.74) is 8.09. The number of hydrogen-bond donors (Lipinski definition) is 1. The summed E-state index contributed by atoms with van der Waals surface area (Å²) >= 11 is 0. The molecule has 1 aromatic carbocycles. The Morgan fingerprint density at radius 2 is 1.85 bits per heavy atom. The Morgan fingerprint density at radius 1 is 1.12 bits per heavy atom. The van der Waals surface area contributed by atoms with E-state index in [1.807, 2.05) is 12.1 Å². The van der Waals surface area contributed by atoms with Crippen LogP contribution in [-0.4, -0.2) is 55.2 Å². The Morgan fingerprint density at radius 3 is 2.46 bits per heavy atom. The summed E-state index contributed by atoms with van der Waals surface area (Å²) in [5.74, 6) is 0.573. The van der Waals surface area contributed by atoms with Gasteiger partial charge in [-0.1, -0.05) is 36.4 Å². The monoisotopic (exact) mass is 354 g/mol. The first-order chi connectivity index (χ1) is 12.7. The fourth-order valence-electron chi connectivity index (χ4n) is 3.19. The van der Waals surface area contributed by atoms with Crippen LogP contribution in [-0.2, 0) is 22.5 Å². The van der Waals surface area contributed by atoms with Crippen LogP contribution in [0.25, 0.3) is 0 Å². The van der Waals surface area contributed by atoms with Gasteiger partial charge in [0, 0.05) is 38.9 Å². The summed E-state index contributed by atoms with van der Waals surface area (Å²) in [4.78, 5) is 20.7. The SMILES string of the molecule is COC(=O)C(N)Cc1ccc(N2CCN(Cc3ccccc3)CC2)nc1. The molecule has 1 unspecified atom stereocenters. The standard InChI is InChI=1S/C20H26N4O2/c1-26-20(25)18(21)13-17-7-8-19(22-14-17)24-11-9-23(10-12-24)15-16-5-3-2-4-6-16/h2-8,14,18H,9-13,15,21H2,1H3. The number of ether oxygens (including phenoxy) is 1. The number of piperazine rings is 1. The van der Waals surface area contributed by atoms with E-state index in [2.05, 4.69) is 49.9 Å². The Kier molecular flexibility index (Phi) is 6.20. The highest BCUT2D eigenvalue weighted by molar-refractivity contribution is 5.75. The molecule has 6 nitrogen and oxygen atoms in total. The predicted octanol–water partition coefficient (Wildman–Crippen LogP) is 1.45. The van der Waals surface area contributed by atoms with Crippen molar-refractivity contribution in [3.05, 3.63) is 59.8 Å². The number of methoxy groups -OCH3 is 1. The highest BCUT2D eigenvalue weighted by Crippen LogP contribution is 2.16. The van der Waals surface area contributed by atoms with Gasteiger partial charge in [0.25, 0.3) is 0 Å². The molecule has 0 spiro atoms. The smallest absolute Gasteiger partial charge is 0.322 e. The number of nitrogens with zero attached hydrogens (tertiary/aromatic N) is 3. The fourth-order valence-corrected chi connectivity index (χ4v) is 3.19. The summed E-state index contributed by atoms with van der Waals surface area (Å²) in [5, 5.41) is 0. The maximum Gasteiger partial charge on any atom is 0.322 e. The van der Waals surface area contributed by atoms with Crippen LogP contribution in [0.15, 0.2) is 48.7 Å². The van der Waals surface area contributed by atoms with Crippen molar-refractivity contribution in [2.45, 2.75) is 19.0 Å². The van der Waals surface area contributed by atoms with Crippen molar-refractivity contribution in [1.29, 1.82) is 0 Å². The lowest BCUT2D eigenvalue weighted by atomic mass is 10.1. The first-order valence-electron chi connectivity index (χ1n) is 8.95.